The van der Waals surface area contributed by atoms with E-state index in [4.69, 9.17) is 0 Å². The number of rotatable bonds is 4. The first-order valence-corrected chi connectivity index (χ1v) is 7.78. The fraction of sp³-hybridized carbons (Fsp3) is 0.933. The monoisotopic (exact) mass is 267 g/mol. The predicted octanol–water partition coefficient (Wildman–Crippen LogP) is 1.22. The Balaban J connectivity index is 1.66. The zero-order chi connectivity index (χ0) is 13.7. The summed E-state index contributed by atoms with van der Waals surface area (Å²) in [6.45, 7) is 7.33. The number of carbonyl (C=O) groups excluding carboxylic acids is 1. The minimum Gasteiger partial charge on any atom is -0.356 e. The quantitative estimate of drug-likeness (QED) is 0.805. The van der Waals surface area contributed by atoms with Crippen molar-refractivity contribution in [3.63, 3.8) is 0 Å². The van der Waals surface area contributed by atoms with E-state index in [1.807, 2.05) is 0 Å². The number of piperidine rings is 2. The summed E-state index contributed by atoms with van der Waals surface area (Å²) in [5.74, 6) is 1.07. The molecule has 0 spiro atoms. The lowest BCUT2D eigenvalue weighted by Crippen LogP contribution is -2.46. The van der Waals surface area contributed by atoms with Gasteiger partial charge in [-0.2, -0.15) is 0 Å². The first-order valence-electron chi connectivity index (χ1n) is 7.78. The van der Waals surface area contributed by atoms with Crippen LogP contribution in [0.5, 0.6) is 0 Å². The van der Waals surface area contributed by atoms with E-state index in [-0.39, 0.29) is 11.3 Å². The smallest absolute Gasteiger partial charge is 0.226 e. The van der Waals surface area contributed by atoms with Gasteiger partial charge in [0.05, 0.1) is 0 Å². The Kier molecular flexibility index (Phi) is 5.22. The van der Waals surface area contributed by atoms with Crippen molar-refractivity contribution in [2.24, 2.45) is 11.3 Å². The van der Waals surface area contributed by atoms with Crippen molar-refractivity contribution < 1.29 is 4.79 Å². The minimum atomic E-state index is -0.141. The lowest BCUT2D eigenvalue weighted by atomic mass is 9.80. The standard InChI is InChI=1S/C15H29N3O/c1-15(6-9-16-10-7-15)14(19)17-8-3-13-4-11-18(2)12-5-13/h13,16H,3-12H2,1-2H3,(H,17,19). The van der Waals surface area contributed by atoms with Crippen molar-refractivity contribution in [2.45, 2.75) is 39.0 Å². The molecule has 2 rings (SSSR count). The lowest BCUT2D eigenvalue weighted by molar-refractivity contribution is -0.131. The molecule has 0 aromatic heterocycles. The molecule has 19 heavy (non-hydrogen) atoms. The Labute approximate surface area is 117 Å². The van der Waals surface area contributed by atoms with E-state index >= 15 is 0 Å². The van der Waals surface area contributed by atoms with Gasteiger partial charge in [0.15, 0.2) is 0 Å². The summed E-state index contributed by atoms with van der Waals surface area (Å²) in [5, 5.41) is 6.49. The number of nitrogens with zero attached hydrogens (tertiary/aromatic N) is 1. The molecule has 0 bridgehead atoms. The first kappa shape index (κ1) is 14.8. The van der Waals surface area contributed by atoms with Crippen molar-refractivity contribution in [1.29, 1.82) is 0 Å². The molecular formula is C15H29N3O. The zero-order valence-electron chi connectivity index (χ0n) is 12.5. The van der Waals surface area contributed by atoms with Crippen LogP contribution >= 0.6 is 0 Å². The van der Waals surface area contributed by atoms with E-state index < -0.39 is 0 Å². The Bertz CT molecular complexity index is 292. The third kappa shape index (κ3) is 4.18. The van der Waals surface area contributed by atoms with Crippen LogP contribution in [0.2, 0.25) is 0 Å². The summed E-state index contributed by atoms with van der Waals surface area (Å²) in [6, 6.07) is 0. The van der Waals surface area contributed by atoms with Gasteiger partial charge in [-0.3, -0.25) is 4.79 Å². The van der Waals surface area contributed by atoms with Gasteiger partial charge >= 0.3 is 0 Å². The third-order valence-corrected chi connectivity index (χ3v) is 4.93. The fourth-order valence-electron chi connectivity index (χ4n) is 3.16. The maximum Gasteiger partial charge on any atom is 0.226 e. The molecule has 0 atom stereocenters. The molecule has 110 valence electrons. The second-order valence-electron chi connectivity index (χ2n) is 6.60. The Hall–Kier alpha value is -0.610. The van der Waals surface area contributed by atoms with Crippen LogP contribution in [0.15, 0.2) is 0 Å². The van der Waals surface area contributed by atoms with E-state index in [9.17, 15) is 4.79 Å². The summed E-state index contributed by atoms with van der Waals surface area (Å²) >= 11 is 0. The number of hydrogen-bond acceptors (Lipinski definition) is 3. The molecule has 0 aromatic carbocycles. The molecule has 4 heteroatoms. The minimum absolute atomic E-state index is 0.141. The van der Waals surface area contributed by atoms with Crippen molar-refractivity contribution in [3.05, 3.63) is 0 Å². The first-order chi connectivity index (χ1) is 9.10. The molecule has 2 aliphatic heterocycles. The highest BCUT2D eigenvalue weighted by atomic mass is 16.2. The molecule has 0 aromatic rings. The van der Waals surface area contributed by atoms with Gasteiger partial charge in [-0.25, -0.2) is 0 Å². The highest BCUT2D eigenvalue weighted by Crippen LogP contribution is 2.28. The summed E-state index contributed by atoms with van der Waals surface area (Å²) in [5.41, 5.74) is -0.141. The van der Waals surface area contributed by atoms with Crippen LogP contribution in [0, 0.1) is 11.3 Å². The summed E-state index contributed by atoms with van der Waals surface area (Å²) in [4.78, 5) is 14.7. The maximum atomic E-state index is 12.3. The second kappa shape index (κ2) is 6.71. The van der Waals surface area contributed by atoms with Gasteiger partial charge in [-0.1, -0.05) is 6.92 Å². The van der Waals surface area contributed by atoms with Gasteiger partial charge in [0, 0.05) is 12.0 Å². The molecule has 1 amide bonds. The van der Waals surface area contributed by atoms with Crippen LogP contribution in [0.4, 0.5) is 0 Å². The van der Waals surface area contributed by atoms with Crippen LogP contribution in [0.1, 0.15) is 39.0 Å². The number of amides is 1. The van der Waals surface area contributed by atoms with E-state index in [1.165, 1.54) is 25.9 Å². The predicted molar refractivity (Wildman–Crippen MR) is 78.1 cm³/mol. The summed E-state index contributed by atoms with van der Waals surface area (Å²) in [7, 11) is 2.19. The van der Waals surface area contributed by atoms with Crippen molar-refractivity contribution in [1.82, 2.24) is 15.5 Å². The van der Waals surface area contributed by atoms with E-state index in [0.717, 1.165) is 44.8 Å². The molecule has 0 unspecified atom stereocenters. The summed E-state index contributed by atoms with van der Waals surface area (Å²) in [6.07, 6.45) is 5.65. The molecule has 2 N–H and O–H groups in total. The van der Waals surface area contributed by atoms with Crippen LogP contribution in [0.3, 0.4) is 0 Å². The molecule has 2 saturated heterocycles. The maximum absolute atomic E-state index is 12.3. The number of hydrogen-bond donors (Lipinski definition) is 2. The second-order valence-corrected chi connectivity index (χ2v) is 6.60. The van der Waals surface area contributed by atoms with Gasteiger partial charge in [0.25, 0.3) is 0 Å². The molecular weight excluding hydrogens is 238 g/mol. The number of nitrogens with one attached hydrogen (secondary N) is 2. The Morgan fingerprint density at radius 1 is 1.32 bits per heavy atom. The Morgan fingerprint density at radius 2 is 1.95 bits per heavy atom. The summed E-state index contributed by atoms with van der Waals surface area (Å²) < 4.78 is 0. The fourth-order valence-corrected chi connectivity index (χ4v) is 3.16. The van der Waals surface area contributed by atoms with Crippen LogP contribution in [0.25, 0.3) is 0 Å². The van der Waals surface area contributed by atoms with Crippen molar-refractivity contribution in [2.75, 3.05) is 39.8 Å². The molecule has 0 aliphatic carbocycles. The Morgan fingerprint density at radius 3 is 2.58 bits per heavy atom. The molecule has 2 fully saturated rings. The van der Waals surface area contributed by atoms with Crippen LogP contribution < -0.4 is 10.6 Å². The molecule has 4 nitrogen and oxygen atoms in total. The molecule has 2 heterocycles. The highest BCUT2D eigenvalue weighted by Gasteiger charge is 2.34. The van der Waals surface area contributed by atoms with E-state index in [2.05, 4.69) is 29.5 Å². The zero-order valence-corrected chi connectivity index (χ0v) is 12.5. The average Bonchev–Trinajstić information content (AvgIpc) is 2.42. The van der Waals surface area contributed by atoms with E-state index in [0.29, 0.717) is 0 Å². The molecule has 0 radical (unpaired) electrons. The average molecular weight is 267 g/mol. The van der Waals surface area contributed by atoms with Crippen molar-refractivity contribution in [3.8, 4) is 0 Å². The third-order valence-electron chi connectivity index (χ3n) is 4.93. The van der Waals surface area contributed by atoms with E-state index in [1.54, 1.807) is 0 Å². The van der Waals surface area contributed by atoms with Crippen molar-refractivity contribution >= 4 is 5.91 Å². The van der Waals surface area contributed by atoms with Gasteiger partial charge < -0.3 is 15.5 Å². The van der Waals surface area contributed by atoms with Gasteiger partial charge in [-0.15, -0.1) is 0 Å². The van der Waals surface area contributed by atoms with Gasteiger partial charge in [0.2, 0.25) is 5.91 Å². The van der Waals surface area contributed by atoms with Gasteiger partial charge in [-0.05, 0) is 71.2 Å². The largest absolute Gasteiger partial charge is 0.356 e. The normalized spacial score (nSPS) is 25.2. The number of carbonyl (C=O) groups is 1. The SMILES string of the molecule is CN1CCC(CCNC(=O)C2(C)CCNCC2)CC1. The molecule has 0 saturated carbocycles. The highest BCUT2D eigenvalue weighted by molar-refractivity contribution is 5.82. The topological polar surface area (TPSA) is 44.4 Å². The van der Waals surface area contributed by atoms with Crippen LogP contribution in [-0.2, 0) is 4.79 Å². The molecule has 2 aliphatic rings. The number of likely N-dealkylation sites (tertiary alicyclic amines) is 1. The van der Waals surface area contributed by atoms with Gasteiger partial charge in [0.1, 0.15) is 0 Å². The lowest BCUT2D eigenvalue weighted by Gasteiger charge is -2.33. The van der Waals surface area contributed by atoms with Crippen LogP contribution in [-0.4, -0.2) is 50.6 Å².